The summed E-state index contributed by atoms with van der Waals surface area (Å²) in [6.45, 7) is 5.58. The number of aryl methyl sites for hydroxylation is 1. The average molecular weight is 356 g/mol. The van der Waals surface area contributed by atoms with Crippen molar-refractivity contribution in [2.75, 3.05) is 0 Å². The molecule has 0 saturated carbocycles. The molecule has 2 aromatic rings. The van der Waals surface area contributed by atoms with E-state index in [1.54, 1.807) is 25.1 Å². The number of nitrogens with zero attached hydrogens (tertiary/aromatic N) is 1. The molecule has 128 valence electrons. The van der Waals surface area contributed by atoms with Gasteiger partial charge in [-0.3, -0.25) is 14.9 Å². The van der Waals surface area contributed by atoms with Crippen LogP contribution < -0.4 is 5.32 Å². The molecule has 1 fully saturated rings. The summed E-state index contributed by atoms with van der Waals surface area (Å²) in [5.41, 5.74) is 4.28. The van der Waals surface area contributed by atoms with Gasteiger partial charge in [0.15, 0.2) is 0 Å². The van der Waals surface area contributed by atoms with Gasteiger partial charge < -0.3 is 9.67 Å². The van der Waals surface area contributed by atoms with E-state index < -0.39 is 11.9 Å². The second-order valence-electron chi connectivity index (χ2n) is 5.77. The molecule has 2 heterocycles. The van der Waals surface area contributed by atoms with Crippen LogP contribution in [0.15, 0.2) is 29.2 Å². The first kappa shape index (κ1) is 17.0. The number of carboxylic acid groups (broad SMARTS) is 1. The Bertz CT molecular complexity index is 956. The molecule has 3 rings (SSSR count). The van der Waals surface area contributed by atoms with Gasteiger partial charge in [0.2, 0.25) is 0 Å². The van der Waals surface area contributed by atoms with Crippen molar-refractivity contribution >= 4 is 35.0 Å². The third-order valence-corrected chi connectivity index (χ3v) is 4.99. The lowest BCUT2D eigenvalue weighted by Crippen LogP contribution is -2.17. The number of imide groups is 1. The number of thioether (sulfide) groups is 1. The highest BCUT2D eigenvalue weighted by atomic mass is 32.2. The van der Waals surface area contributed by atoms with Gasteiger partial charge >= 0.3 is 5.97 Å². The number of carboxylic acids is 1. The first-order chi connectivity index (χ1) is 11.8. The molecule has 0 unspecified atom stereocenters. The summed E-state index contributed by atoms with van der Waals surface area (Å²) in [5, 5.41) is 11.2. The van der Waals surface area contributed by atoms with E-state index in [9.17, 15) is 19.5 Å². The molecule has 2 amide bonds. The Labute approximate surface area is 148 Å². The maximum absolute atomic E-state index is 11.7. The van der Waals surface area contributed by atoms with Crippen LogP contribution in [0.1, 0.15) is 32.9 Å². The van der Waals surface area contributed by atoms with Crippen molar-refractivity contribution in [1.29, 1.82) is 0 Å². The second-order valence-corrected chi connectivity index (χ2v) is 6.78. The van der Waals surface area contributed by atoms with Gasteiger partial charge in [-0.25, -0.2) is 4.79 Å². The van der Waals surface area contributed by atoms with Gasteiger partial charge in [0, 0.05) is 17.1 Å². The van der Waals surface area contributed by atoms with Crippen molar-refractivity contribution < 1.29 is 19.5 Å². The molecule has 2 N–H and O–H groups in total. The third kappa shape index (κ3) is 2.98. The Morgan fingerprint density at radius 2 is 1.96 bits per heavy atom. The molecule has 1 aromatic heterocycles. The van der Waals surface area contributed by atoms with Crippen LogP contribution in [0, 0.1) is 20.8 Å². The van der Waals surface area contributed by atoms with E-state index in [1.165, 1.54) is 0 Å². The van der Waals surface area contributed by atoms with Crippen LogP contribution in [0.4, 0.5) is 4.79 Å². The van der Waals surface area contributed by atoms with Crippen LogP contribution in [-0.2, 0) is 4.79 Å². The second kappa shape index (κ2) is 6.25. The number of aromatic carboxylic acids is 1. The van der Waals surface area contributed by atoms with Gasteiger partial charge in [-0.15, -0.1) is 0 Å². The number of hydrogen-bond acceptors (Lipinski definition) is 4. The van der Waals surface area contributed by atoms with Crippen molar-refractivity contribution in [3.63, 3.8) is 0 Å². The quantitative estimate of drug-likeness (QED) is 0.823. The summed E-state index contributed by atoms with van der Waals surface area (Å²) < 4.78 is 1.95. The maximum atomic E-state index is 11.7. The number of benzene rings is 1. The zero-order valence-electron chi connectivity index (χ0n) is 13.9. The van der Waals surface area contributed by atoms with Gasteiger partial charge in [-0.05, 0) is 67.9 Å². The normalized spacial score (nSPS) is 15.7. The zero-order valence-corrected chi connectivity index (χ0v) is 14.7. The number of amides is 2. The summed E-state index contributed by atoms with van der Waals surface area (Å²) in [5.74, 6) is -1.37. The van der Waals surface area contributed by atoms with Gasteiger partial charge in [-0.1, -0.05) is 6.07 Å². The molecule has 0 spiro atoms. The topological polar surface area (TPSA) is 88.4 Å². The minimum Gasteiger partial charge on any atom is -0.478 e. The maximum Gasteiger partial charge on any atom is 0.336 e. The van der Waals surface area contributed by atoms with E-state index in [-0.39, 0.29) is 10.8 Å². The standard InChI is InChI=1S/C18H16N2O4S/c1-9-7-12(8-15-16(21)19-18(24)25-15)11(3)20(9)14-6-4-5-13(10(14)2)17(22)23/h4-8H,1-3H3,(H,22,23)(H,19,21,24)/b15-8-. The van der Waals surface area contributed by atoms with E-state index in [0.29, 0.717) is 10.5 Å². The van der Waals surface area contributed by atoms with Crippen LogP contribution in [-0.4, -0.2) is 26.8 Å². The van der Waals surface area contributed by atoms with Crippen molar-refractivity contribution in [3.8, 4) is 5.69 Å². The molecular weight excluding hydrogens is 340 g/mol. The zero-order chi connectivity index (χ0) is 18.3. The molecule has 25 heavy (non-hydrogen) atoms. The molecule has 0 aliphatic carbocycles. The highest BCUT2D eigenvalue weighted by Gasteiger charge is 2.25. The lowest BCUT2D eigenvalue weighted by atomic mass is 10.1. The molecular formula is C18H16N2O4S. The SMILES string of the molecule is Cc1c(C(=O)O)cccc1-n1c(C)cc(/C=C2\SC(=O)NC2=O)c1C. The molecule has 1 aliphatic heterocycles. The number of hydrogen-bond donors (Lipinski definition) is 2. The fourth-order valence-electron chi connectivity index (χ4n) is 2.96. The molecule has 1 aliphatic rings. The van der Waals surface area contributed by atoms with E-state index in [1.807, 2.05) is 30.5 Å². The average Bonchev–Trinajstić information content (AvgIpc) is 2.99. The Morgan fingerprint density at radius 3 is 2.56 bits per heavy atom. The van der Waals surface area contributed by atoms with Crippen LogP contribution >= 0.6 is 11.8 Å². The Hall–Kier alpha value is -2.80. The van der Waals surface area contributed by atoms with E-state index in [2.05, 4.69) is 5.32 Å². The summed E-state index contributed by atoms with van der Waals surface area (Å²) >= 11 is 0.872. The van der Waals surface area contributed by atoms with Crippen LogP contribution in [0.25, 0.3) is 11.8 Å². The first-order valence-corrected chi connectivity index (χ1v) is 8.38. The van der Waals surface area contributed by atoms with Crippen LogP contribution in [0.2, 0.25) is 0 Å². The van der Waals surface area contributed by atoms with E-state index >= 15 is 0 Å². The minimum absolute atomic E-state index is 0.251. The number of carbonyl (C=O) groups is 3. The number of carbonyl (C=O) groups excluding carboxylic acids is 2. The molecule has 1 aromatic carbocycles. The largest absolute Gasteiger partial charge is 0.478 e. The Morgan fingerprint density at radius 1 is 1.24 bits per heavy atom. The van der Waals surface area contributed by atoms with E-state index in [0.717, 1.165) is 34.4 Å². The highest BCUT2D eigenvalue weighted by Crippen LogP contribution is 2.30. The predicted molar refractivity (Wildman–Crippen MR) is 96.0 cm³/mol. The fraction of sp³-hybridized carbons (Fsp3) is 0.167. The number of rotatable bonds is 3. The number of aromatic nitrogens is 1. The monoisotopic (exact) mass is 356 g/mol. The summed E-state index contributed by atoms with van der Waals surface area (Å²) in [7, 11) is 0. The first-order valence-electron chi connectivity index (χ1n) is 7.56. The van der Waals surface area contributed by atoms with Gasteiger partial charge in [0.1, 0.15) is 0 Å². The third-order valence-electron chi connectivity index (χ3n) is 4.18. The van der Waals surface area contributed by atoms with Crippen LogP contribution in [0.5, 0.6) is 0 Å². The van der Waals surface area contributed by atoms with Gasteiger partial charge in [0.05, 0.1) is 10.5 Å². The highest BCUT2D eigenvalue weighted by molar-refractivity contribution is 8.18. The molecule has 7 heteroatoms. The summed E-state index contributed by atoms with van der Waals surface area (Å²) in [4.78, 5) is 34.8. The Balaban J connectivity index is 2.12. The molecule has 6 nitrogen and oxygen atoms in total. The van der Waals surface area contributed by atoms with Crippen molar-refractivity contribution in [2.45, 2.75) is 20.8 Å². The Kier molecular flexibility index (Phi) is 4.26. The predicted octanol–water partition coefficient (Wildman–Crippen LogP) is 3.42. The minimum atomic E-state index is -0.971. The smallest absolute Gasteiger partial charge is 0.336 e. The van der Waals surface area contributed by atoms with Crippen LogP contribution in [0.3, 0.4) is 0 Å². The van der Waals surface area contributed by atoms with E-state index in [4.69, 9.17) is 0 Å². The van der Waals surface area contributed by atoms with Crippen molar-refractivity contribution in [2.24, 2.45) is 0 Å². The van der Waals surface area contributed by atoms with Gasteiger partial charge in [-0.2, -0.15) is 0 Å². The summed E-state index contributed by atoms with van der Waals surface area (Å²) in [6.07, 6.45) is 1.68. The van der Waals surface area contributed by atoms with Crippen molar-refractivity contribution in [3.05, 3.63) is 57.2 Å². The number of nitrogens with one attached hydrogen (secondary N) is 1. The molecule has 0 bridgehead atoms. The van der Waals surface area contributed by atoms with Gasteiger partial charge in [0.25, 0.3) is 11.1 Å². The summed E-state index contributed by atoms with van der Waals surface area (Å²) in [6, 6.07) is 7.05. The van der Waals surface area contributed by atoms with Crippen molar-refractivity contribution in [1.82, 2.24) is 9.88 Å². The lowest BCUT2D eigenvalue weighted by Gasteiger charge is -2.14. The lowest BCUT2D eigenvalue weighted by molar-refractivity contribution is -0.115. The fourth-order valence-corrected chi connectivity index (χ4v) is 3.64. The molecule has 0 radical (unpaired) electrons. The molecule has 0 atom stereocenters. The molecule has 1 saturated heterocycles.